The van der Waals surface area contributed by atoms with Gasteiger partial charge in [-0.15, -0.1) is 0 Å². The molecule has 0 spiro atoms. The van der Waals surface area contributed by atoms with Gasteiger partial charge in [-0.2, -0.15) is 3.84 Å². The Labute approximate surface area is 51.3 Å². The molecule has 0 atom stereocenters. The van der Waals surface area contributed by atoms with Gasteiger partial charge >= 0.3 is 0 Å². The minimum atomic E-state index is 0. The van der Waals surface area contributed by atoms with E-state index in [-0.39, 0.29) is 23.7 Å². The Morgan fingerprint density at radius 1 is 1.25 bits per heavy atom. The van der Waals surface area contributed by atoms with Crippen molar-refractivity contribution in [3.63, 3.8) is 0 Å². The van der Waals surface area contributed by atoms with E-state index in [0.29, 0.717) is 0 Å². The summed E-state index contributed by atoms with van der Waals surface area (Å²) < 4.78 is 3.19. The summed E-state index contributed by atoms with van der Waals surface area (Å²) in [5.41, 5.74) is 0. The first kappa shape index (κ1) is 9.01. The standard InChI is InChI=1S/Cl2O.Te/c1-3-2;. The zero-order valence-corrected chi connectivity index (χ0v) is 5.41. The smallest absolute Gasteiger partial charge is 0.0832 e. The third kappa shape index (κ3) is 10.2. The van der Waals surface area contributed by atoms with Crippen molar-refractivity contribution in [1.29, 1.82) is 0 Å². The molecule has 0 aromatic rings. The molecule has 0 unspecified atom stereocenters. The van der Waals surface area contributed by atoms with Gasteiger partial charge in [-0.1, -0.05) is 0 Å². The maximum absolute atomic E-state index is 4.26. The predicted octanol–water partition coefficient (Wildman–Crippen LogP) is 0.930. The fourth-order valence-electron chi connectivity index (χ4n) is 0. The van der Waals surface area contributed by atoms with Crippen molar-refractivity contribution in [2.75, 3.05) is 0 Å². The van der Waals surface area contributed by atoms with Crippen molar-refractivity contribution in [3.05, 3.63) is 0 Å². The summed E-state index contributed by atoms with van der Waals surface area (Å²) in [5.74, 6) is 0. The van der Waals surface area contributed by atoms with Gasteiger partial charge in [0.2, 0.25) is 0 Å². The van der Waals surface area contributed by atoms with Gasteiger partial charge in [0.15, 0.2) is 0 Å². The molecule has 0 N–H and O–H groups in total. The molecule has 4 heavy (non-hydrogen) atoms. The van der Waals surface area contributed by atoms with Gasteiger partial charge in [0.1, 0.15) is 0 Å². The Hall–Kier alpha value is 1.33. The summed E-state index contributed by atoms with van der Waals surface area (Å²) in [4.78, 5) is 0. The van der Waals surface area contributed by atoms with Gasteiger partial charge < -0.3 is 0 Å². The molecule has 4 heteroatoms. The van der Waals surface area contributed by atoms with Crippen LogP contribution in [0.1, 0.15) is 0 Å². The molecule has 0 amide bonds. The van der Waals surface area contributed by atoms with Crippen molar-refractivity contribution >= 4 is 47.4 Å². The summed E-state index contributed by atoms with van der Waals surface area (Å²) in [5, 5.41) is 0. The minimum absolute atomic E-state index is 0. The van der Waals surface area contributed by atoms with Gasteiger partial charge in [0.05, 0.1) is 23.7 Å². The van der Waals surface area contributed by atoms with Crippen LogP contribution >= 0.6 is 23.7 Å². The van der Waals surface area contributed by atoms with Crippen LogP contribution in [0.3, 0.4) is 0 Å². The van der Waals surface area contributed by atoms with Crippen LogP contribution < -0.4 is 0 Å². The summed E-state index contributed by atoms with van der Waals surface area (Å²) in [7, 11) is 0. The number of halogens is 2. The maximum Gasteiger partial charge on any atom is 0.0832 e. The van der Waals surface area contributed by atoms with Gasteiger partial charge in [0.25, 0.3) is 0 Å². The molecule has 0 fully saturated rings. The third-order valence-electron chi connectivity index (χ3n) is 0. The van der Waals surface area contributed by atoms with Crippen LogP contribution in [-0.4, -0.2) is 23.7 Å². The van der Waals surface area contributed by atoms with Gasteiger partial charge in [-0.25, -0.2) is 0 Å². The van der Waals surface area contributed by atoms with Crippen LogP contribution in [0.15, 0.2) is 0 Å². The molecule has 0 saturated heterocycles. The van der Waals surface area contributed by atoms with E-state index >= 15 is 0 Å². The van der Waals surface area contributed by atoms with Gasteiger partial charge in [-0.3, -0.25) is 0 Å². The first-order chi connectivity index (χ1) is 1.41. The van der Waals surface area contributed by atoms with E-state index in [2.05, 4.69) is 27.6 Å². The minimum Gasteiger partial charge on any atom is -0.166 e. The zero-order chi connectivity index (χ0) is 2.71. The van der Waals surface area contributed by atoms with Crippen LogP contribution in [-0.2, 0) is 3.84 Å². The van der Waals surface area contributed by atoms with E-state index in [1.807, 2.05) is 0 Å². The summed E-state index contributed by atoms with van der Waals surface area (Å²) in [6.45, 7) is 0. The number of hydrogen-bond acceptors (Lipinski definition) is 1. The molecular weight excluding hydrogens is 215 g/mol. The van der Waals surface area contributed by atoms with Crippen LogP contribution in [0.5, 0.6) is 0 Å². The molecule has 26 valence electrons. The predicted molar refractivity (Wildman–Crippen MR) is 18.5 cm³/mol. The second-order valence-electron chi connectivity index (χ2n) is 0.0583. The topological polar surface area (TPSA) is 9.23 Å². The second-order valence-corrected chi connectivity index (χ2v) is 0.525. The molecule has 0 saturated carbocycles. The number of rotatable bonds is 0. The SMILES string of the molecule is ClOCl.[Te]. The Bertz CT molecular complexity index is 6.00. The fourth-order valence-corrected chi connectivity index (χ4v) is 0. The summed E-state index contributed by atoms with van der Waals surface area (Å²) >= 11 is 8.53. The van der Waals surface area contributed by atoms with E-state index in [1.54, 1.807) is 0 Å². The summed E-state index contributed by atoms with van der Waals surface area (Å²) in [6.07, 6.45) is 0. The molecule has 0 rings (SSSR count). The van der Waals surface area contributed by atoms with Crippen LogP contribution in [0.4, 0.5) is 0 Å². The average Bonchev–Trinajstić information content (AvgIpc) is 0.918. The first-order valence-corrected chi connectivity index (χ1v) is 0.926. The van der Waals surface area contributed by atoms with E-state index in [9.17, 15) is 0 Å². The Morgan fingerprint density at radius 3 is 1.25 bits per heavy atom. The van der Waals surface area contributed by atoms with Gasteiger partial charge in [-0.05, 0) is 0 Å². The Morgan fingerprint density at radius 2 is 1.25 bits per heavy atom. The van der Waals surface area contributed by atoms with Crippen molar-refractivity contribution in [2.45, 2.75) is 0 Å². The summed E-state index contributed by atoms with van der Waals surface area (Å²) in [6, 6.07) is 0. The molecule has 1 nitrogen and oxygen atoms in total. The zero-order valence-electron chi connectivity index (χ0n) is 1.57. The quantitative estimate of drug-likeness (QED) is 0.545. The third-order valence-corrected chi connectivity index (χ3v) is 0. The van der Waals surface area contributed by atoms with E-state index in [1.165, 1.54) is 0 Å². The van der Waals surface area contributed by atoms with E-state index in [4.69, 9.17) is 0 Å². The van der Waals surface area contributed by atoms with Crippen molar-refractivity contribution in [3.8, 4) is 0 Å². The molecule has 0 aromatic heterocycles. The molecule has 0 aliphatic carbocycles. The second kappa shape index (κ2) is 8.84. The molecule has 0 aliphatic rings. The Balaban J connectivity index is 0. The van der Waals surface area contributed by atoms with E-state index in [0.717, 1.165) is 0 Å². The van der Waals surface area contributed by atoms with Crippen LogP contribution in [0.2, 0.25) is 0 Å². The van der Waals surface area contributed by atoms with Crippen LogP contribution in [0, 0.1) is 0 Å². The van der Waals surface area contributed by atoms with Crippen molar-refractivity contribution in [2.24, 2.45) is 0 Å². The molecule has 2 radical (unpaired) electrons. The average molecular weight is 215 g/mol. The fraction of sp³-hybridized carbons (Fsp3) is 0. The molecule has 0 heterocycles. The Kier molecular flexibility index (Phi) is 19.9. The maximum atomic E-state index is 4.26. The molecule has 0 aromatic carbocycles. The monoisotopic (exact) mass is 216 g/mol. The van der Waals surface area contributed by atoms with E-state index < -0.39 is 0 Å². The van der Waals surface area contributed by atoms with Gasteiger partial charge in [0, 0.05) is 23.7 Å². The van der Waals surface area contributed by atoms with Crippen molar-refractivity contribution < 1.29 is 3.84 Å². The molecular formula is Cl2OTe. The largest absolute Gasteiger partial charge is 0.166 e. The van der Waals surface area contributed by atoms with Crippen LogP contribution in [0.25, 0.3) is 0 Å². The number of hydrogen-bond donors (Lipinski definition) is 0. The molecule has 0 aliphatic heterocycles. The first-order valence-electron chi connectivity index (χ1n) is 0.309. The molecule has 0 bridgehead atoms. The normalized spacial score (nSPS) is 4.50. The van der Waals surface area contributed by atoms with Crippen molar-refractivity contribution in [1.82, 2.24) is 0 Å².